The van der Waals surface area contributed by atoms with Crippen LogP contribution in [0.2, 0.25) is 0 Å². The highest BCUT2D eigenvalue weighted by atomic mass is 14.9. The van der Waals surface area contributed by atoms with Crippen molar-refractivity contribution in [3.63, 3.8) is 0 Å². The molecular formula is C30H22N4. The van der Waals surface area contributed by atoms with Crippen molar-refractivity contribution in [2.45, 2.75) is 13.8 Å². The summed E-state index contributed by atoms with van der Waals surface area (Å²) in [4.78, 5) is 20.3. The minimum absolute atomic E-state index is 0.735. The molecule has 2 aromatic heterocycles. The molecule has 4 aromatic carbocycles. The fourth-order valence-corrected chi connectivity index (χ4v) is 4.32. The molecule has 34 heavy (non-hydrogen) atoms. The summed E-state index contributed by atoms with van der Waals surface area (Å²) in [6.07, 6.45) is 0. The monoisotopic (exact) mass is 438 g/mol. The molecule has 2 heterocycles. The molecule has 0 N–H and O–H groups in total. The second kappa shape index (κ2) is 8.16. The third-order valence-corrected chi connectivity index (χ3v) is 5.95. The first-order valence-corrected chi connectivity index (χ1v) is 11.3. The summed E-state index contributed by atoms with van der Waals surface area (Å²) in [6.45, 7) is 4.18. The minimum Gasteiger partial charge on any atom is -0.244 e. The van der Waals surface area contributed by atoms with Crippen LogP contribution >= 0.6 is 0 Å². The zero-order valence-corrected chi connectivity index (χ0v) is 19.0. The molecule has 0 fully saturated rings. The summed E-state index contributed by atoms with van der Waals surface area (Å²) < 4.78 is 0. The third-order valence-electron chi connectivity index (χ3n) is 5.95. The summed E-state index contributed by atoms with van der Waals surface area (Å²) in [6, 6.07) is 32.7. The number of hydrogen-bond acceptors (Lipinski definition) is 4. The van der Waals surface area contributed by atoms with Gasteiger partial charge in [0.15, 0.2) is 0 Å². The summed E-state index contributed by atoms with van der Waals surface area (Å²) in [5.74, 6) is 0. The molecule has 0 unspecified atom stereocenters. The molecule has 0 aliphatic heterocycles. The average Bonchev–Trinajstić information content (AvgIpc) is 2.87. The zero-order chi connectivity index (χ0) is 23.1. The first kappa shape index (κ1) is 20.2. The number of aromatic nitrogens is 4. The van der Waals surface area contributed by atoms with Gasteiger partial charge in [-0.2, -0.15) is 0 Å². The Morgan fingerprint density at radius 1 is 0.382 bits per heavy atom. The highest BCUT2D eigenvalue weighted by molar-refractivity contribution is 5.92. The third kappa shape index (κ3) is 3.59. The van der Waals surface area contributed by atoms with Crippen molar-refractivity contribution in [1.82, 2.24) is 19.9 Å². The smallest absolute Gasteiger partial charge is 0.118 e. The molecule has 162 valence electrons. The summed E-state index contributed by atoms with van der Waals surface area (Å²) in [5, 5.41) is 0. The Labute approximate surface area is 198 Å². The van der Waals surface area contributed by atoms with Crippen LogP contribution in [0.3, 0.4) is 0 Å². The number of nitrogens with zero attached hydrogens (tertiary/aromatic N) is 4. The minimum atomic E-state index is 0.735. The molecule has 0 saturated heterocycles. The van der Waals surface area contributed by atoms with Gasteiger partial charge < -0.3 is 0 Å². The van der Waals surface area contributed by atoms with Gasteiger partial charge in [0.1, 0.15) is 11.4 Å². The van der Waals surface area contributed by atoms with Gasteiger partial charge in [0.05, 0.1) is 33.5 Å². The summed E-state index contributed by atoms with van der Waals surface area (Å²) >= 11 is 0. The molecule has 4 nitrogen and oxygen atoms in total. The zero-order valence-electron chi connectivity index (χ0n) is 19.0. The van der Waals surface area contributed by atoms with Gasteiger partial charge in [0.2, 0.25) is 0 Å². The number of aryl methyl sites for hydroxylation is 2. The molecule has 0 aliphatic rings. The van der Waals surface area contributed by atoms with Crippen LogP contribution in [0.5, 0.6) is 0 Å². The lowest BCUT2D eigenvalue weighted by atomic mass is 10.0. The molecular weight excluding hydrogens is 416 g/mol. The highest BCUT2D eigenvalue weighted by Crippen LogP contribution is 2.36. The van der Waals surface area contributed by atoms with E-state index in [0.717, 1.165) is 56.0 Å². The Bertz CT molecular complexity index is 1560. The lowest BCUT2D eigenvalue weighted by Gasteiger charge is -2.14. The number of rotatable bonds is 3. The van der Waals surface area contributed by atoms with E-state index in [2.05, 4.69) is 62.4 Å². The van der Waals surface area contributed by atoms with Crippen LogP contribution in [0.25, 0.3) is 56.0 Å². The summed E-state index contributed by atoms with van der Waals surface area (Å²) in [5.41, 5.74) is 10.8. The molecule has 0 spiro atoms. The number of para-hydroxylation sites is 4. The molecule has 0 saturated carbocycles. The Hall–Kier alpha value is -4.44. The molecule has 6 aromatic rings. The topological polar surface area (TPSA) is 51.6 Å². The number of fused-ring (bicyclic) bond motifs is 2. The van der Waals surface area contributed by atoms with Crippen LogP contribution in [-0.2, 0) is 0 Å². The molecule has 4 heteroatoms. The maximum Gasteiger partial charge on any atom is 0.118 e. The molecule has 0 aliphatic carbocycles. The Balaban J connectivity index is 1.73. The lowest BCUT2D eigenvalue weighted by Crippen LogP contribution is -2.01. The predicted molar refractivity (Wildman–Crippen MR) is 138 cm³/mol. The Morgan fingerprint density at radius 2 is 0.735 bits per heavy atom. The van der Waals surface area contributed by atoms with Gasteiger partial charge in [-0.3, -0.25) is 0 Å². The lowest BCUT2D eigenvalue weighted by molar-refractivity contribution is 1.22. The van der Waals surface area contributed by atoms with E-state index in [1.54, 1.807) is 0 Å². The van der Waals surface area contributed by atoms with Crippen LogP contribution in [0.4, 0.5) is 0 Å². The molecule has 0 bridgehead atoms. The fraction of sp³-hybridized carbons (Fsp3) is 0.0667. The number of hydrogen-bond donors (Lipinski definition) is 0. The van der Waals surface area contributed by atoms with E-state index in [-0.39, 0.29) is 0 Å². The first-order valence-electron chi connectivity index (χ1n) is 11.3. The molecule has 0 radical (unpaired) electrons. The SMILES string of the molecule is Cc1cccc(-c2nc3ccccc3nc2-c2nc3ccccc3nc2-c2cccc(C)c2)c1. The van der Waals surface area contributed by atoms with Gasteiger partial charge in [-0.25, -0.2) is 19.9 Å². The van der Waals surface area contributed by atoms with Gasteiger partial charge in [-0.1, -0.05) is 71.8 Å². The standard InChI is InChI=1S/C30H22N4/c1-19-9-7-11-21(17-19)27-29(33-25-15-5-3-13-23(25)31-27)30-28(22-12-8-10-20(2)18-22)32-24-14-4-6-16-26(24)34-30/h3-18H,1-2H3. The highest BCUT2D eigenvalue weighted by Gasteiger charge is 2.20. The first-order chi connectivity index (χ1) is 16.7. The van der Waals surface area contributed by atoms with Crippen molar-refractivity contribution in [3.05, 3.63) is 108 Å². The largest absolute Gasteiger partial charge is 0.244 e. The maximum absolute atomic E-state index is 5.10. The van der Waals surface area contributed by atoms with E-state index in [4.69, 9.17) is 19.9 Å². The van der Waals surface area contributed by atoms with E-state index in [0.29, 0.717) is 0 Å². The second-order valence-corrected chi connectivity index (χ2v) is 8.56. The predicted octanol–water partition coefficient (Wildman–Crippen LogP) is 7.19. The molecule has 0 atom stereocenters. The van der Waals surface area contributed by atoms with Crippen molar-refractivity contribution in [2.75, 3.05) is 0 Å². The Morgan fingerprint density at radius 3 is 1.09 bits per heavy atom. The quantitative estimate of drug-likeness (QED) is 0.293. The van der Waals surface area contributed by atoms with Crippen LogP contribution < -0.4 is 0 Å². The normalized spacial score (nSPS) is 11.2. The number of benzene rings is 4. The van der Waals surface area contributed by atoms with Gasteiger partial charge in [-0.15, -0.1) is 0 Å². The van der Waals surface area contributed by atoms with Crippen LogP contribution in [-0.4, -0.2) is 19.9 Å². The van der Waals surface area contributed by atoms with E-state index >= 15 is 0 Å². The van der Waals surface area contributed by atoms with E-state index < -0.39 is 0 Å². The van der Waals surface area contributed by atoms with E-state index in [1.165, 1.54) is 11.1 Å². The Kier molecular flexibility index (Phi) is 4.84. The molecule has 6 rings (SSSR count). The van der Waals surface area contributed by atoms with Crippen LogP contribution in [0.15, 0.2) is 97.1 Å². The van der Waals surface area contributed by atoms with Crippen molar-refractivity contribution in [3.8, 4) is 33.9 Å². The van der Waals surface area contributed by atoms with Crippen molar-refractivity contribution >= 4 is 22.1 Å². The van der Waals surface area contributed by atoms with Crippen LogP contribution in [0.1, 0.15) is 11.1 Å². The second-order valence-electron chi connectivity index (χ2n) is 8.56. The average molecular weight is 439 g/mol. The molecule has 0 amide bonds. The fourth-order valence-electron chi connectivity index (χ4n) is 4.32. The van der Waals surface area contributed by atoms with Crippen molar-refractivity contribution in [2.24, 2.45) is 0 Å². The maximum atomic E-state index is 5.10. The van der Waals surface area contributed by atoms with Crippen LogP contribution in [0, 0.1) is 13.8 Å². The van der Waals surface area contributed by atoms with Gasteiger partial charge in [0.25, 0.3) is 0 Å². The van der Waals surface area contributed by atoms with Gasteiger partial charge in [0, 0.05) is 11.1 Å². The van der Waals surface area contributed by atoms with Gasteiger partial charge in [-0.05, 0) is 50.2 Å². The summed E-state index contributed by atoms with van der Waals surface area (Å²) in [7, 11) is 0. The van der Waals surface area contributed by atoms with Gasteiger partial charge >= 0.3 is 0 Å². The van der Waals surface area contributed by atoms with E-state index in [1.807, 2.05) is 48.5 Å². The van der Waals surface area contributed by atoms with E-state index in [9.17, 15) is 0 Å². The van der Waals surface area contributed by atoms with Crippen molar-refractivity contribution < 1.29 is 0 Å². The van der Waals surface area contributed by atoms with Crippen molar-refractivity contribution in [1.29, 1.82) is 0 Å².